The predicted molar refractivity (Wildman–Crippen MR) is 109 cm³/mol. The lowest BCUT2D eigenvalue weighted by Crippen LogP contribution is -2.16. The molecule has 3 N–H and O–H groups in total. The molecular formula is C20H24N8. The number of nitrogen functional groups attached to an aromatic ring is 1. The Morgan fingerprint density at radius 2 is 2.00 bits per heavy atom. The largest absolute Gasteiger partial charge is 0.368 e. The summed E-state index contributed by atoms with van der Waals surface area (Å²) in [5, 5.41) is 8.42. The van der Waals surface area contributed by atoms with E-state index in [9.17, 15) is 0 Å². The maximum atomic E-state index is 8.42. The van der Waals surface area contributed by atoms with Crippen LogP contribution in [0.2, 0.25) is 0 Å². The van der Waals surface area contributed by atoms with Crippen LogP contribution in [0.25, 0.3) is 5.95 Å². The van der Waals surface area contributed by atoms with E-state index in [2.05, 4.69) is 26.9 Å². The summed E-state index contributed by atoms with van der Waals surface area (Å²) in [7, 11) is 1.89. The van der Waals surface area contributed by atoms with Crippen molar-refractivity contribution in [3.63, 3.8) is 0 Å². The van der Waals surface area contributed by atoms with Gasteiger partial charge in [0.2, 0.25) is 17.8 Å². The number of imidazole rings is 1. The molecule has 0 spiro atoms. The smallest absolute Gasteiger partial charge is 0.241 e. The van der Waals surface area contributed by atoms with E-state index in [4.69, 9.17) is 11.1 Å². The van der Waals surface area contributed by atoms with Gasteiger partial charge in [0.15, 0.2) is 0 Å². The molecule has 4 rings (SSSR count). The summed E-state index contributed by atoms with van der Waals surface area (Å²) in [6, 6.07) is 9.83. The zero-order valence-electron chi connectivity index (χ0n) is 16.1. The fourth-order valence-corrected chi connectivity index (χ4v) is 3.30. The highest BCUT2D eigenvalue weighted by Gasteiger charge is 2.32. The second-order valence-corrected chi connectivity index (χ2v) is 7.08. The average Bonchev–Trinajstić information content (AvgIpc) is 3.46. The number of nitrogens with two attached hydrogens (primary N) is 1. The van der Waals surface area contributed by atoms with Crippen LogP contribution in [0.1, 0.15) is 37.8 Å². The Kier molecular flexibility index (Phi) is 4.77. The SMILES string of the molecule is CC[C@H](C(=N)C1CC1)c1cn(-c2nc(N)nc(N(C)c3ccccc3)n2)cn1. The highest BCUT2D eigenvalue weighted by molar-refractivity contribution is 5.91. The molecule has 0 bridgehead atoms. The number of para-hydroxylation sites is 1. The van der Waals surface area contributed by atoms with Crippen molar-refractivity contribution in [2.45, 2.75) is 32.1 Å². The van der Waals surface area contributed by atoms with Crippen molar-refractivity contribution in [1.82, 2.24) is 24.5 Å². The molecule has 0 amide bonds. The quantitative estimate of drug-likeness (QED) is 0.612. The topological polar surface area (TPSA) is 110 Å². The van der Waals surface area contributed by atoms with Crippen LogP contribution in [0.15, 0.2) is 42.9 Å². The van der Waals surface area contributed by atoms with Crippen molar-refractivity contribution < 1.29 is 0 Å². The summed E-state index contributed by atoms with van der Waals surface area (Å²) in [6.07, 6.45) is 6.67. The molecule has 8 nitrogen and oxygen atoms in total. The molecule has 8 heteroatoms. The Labute approximate surface area is 164 Å². The van der Waals surface area contributed by atoms with Gasteiger partial charge in [-0.3, -0.25) is 4.57 Å². The van der Waals surface area contributed by atoms with Crippen molar-refractivity contribution in [3.05, 3.63) is 48.5 Å². The Morgan fingerprint density at radius 3 is 2.68 bits per heavy atom. The molecule has 0 saturated heterocycles. The molecule has 0 radical (unpaired) electrons. The second-order valence-electron chi connectivity index (χ2n) is 7.08. The summed E-state index contributed by atoms with van der Waals surface area (Å²) < 4.78 is 1.75. The van der Waals surface area contributed by atoms with Gasteiger partial charge in [-0.15, -0.1) is 0 Å². The Bertz CT molecular complexity index is 977. The highest BCUT2D eigenvalue weighted by atomic mass is 15.3. The van der Waals surface area contributed by atoms with Gasteiger partial charge in [-0.05, 0) is 37.3 Å². The number of hydrogen-bond donors (Lipinski definition) is 2. The first kappa shape index (κ1) is 18.1. The minimum Gasteiger partial charge on any atom is -0.368 e. The van der Waals surface area contributed by atoms with Crippen molar-refractivity contribution >= 4 is 23.3 Å². The van der Waals surface area contributed by atoms with E-state index in [1.54, 1.807) is 10.9 Å². The Hall–Kier alpha value is -3.29. The third-order valence-corrected chi connectivity index (χ3v) is 5.06. The van der Waals surface area contributed by atoms with Gasteiger partial charge < -0.3 is 16.0 Å². The minimum absolute atomic E-state index is 0.0411. The summed E-state index contributed by atoms with van der Waals surface area (Å²) >= 11 is 0. The minimum atomic E-state index is 0.0411. The molecule has 2 aromatic heterocycles. The lowest BCUT2D eigenvalue weighted by molar-refractivity contribution is 0.785. The molecule has 0 aliphatic heterocycles. The number of aromatic nitrogens is 5. The number of nitrogens with zero attached hydrogens (tertiary/aromatic N) is 6. The van der Waals surface area contributed by atoms with Gasteiger partial charge in [0.1, 0.15) is 6.33 Å². The molecular weight excluding hydrogens is 352 g/mol. The Morgan fingerprint density at radius 1 is 1.25 bits per heavy atom. The first-order chi connectivity index (χ1) is 13.6. The standard InChI is InChI=1S/C20H24N8/c1-3-15(17(21)13-9-10-13)16-11-28(12-23-16)20-25-18(22)24-19(26-20)27(2)14-7-5-4-6-8-14/h4-8,11-13,15,21H,3,9-10H2,1-2H3,(H2,22,24,25,26)/t15-/m0/s1. The van der Waals surface area contributed by atoms with Gasteiger partial charge in [0.25, 0.3) is 0 Å². The first-order valence-corrected chi connectivity index (χ1v) is 9.49. The van der Waals surface area contributed by atoms with Gasteiger partial charge in [-0.1, -0.05) is 25.1 Å². The molecule has 1 aliphatic carbocycles. The number of rotatable bonds is 7. The average molecular weight is 376 g/mol. The van der Waals surface area contributed by atoms with Crippen molar-refractivity contribution in [1.29, 1.82) is 5.41 Å². The third-order valence-electron chi connectivity index (χ3n) is 5.06. The fraction of sp³-hybridized carbons (Fsp3) is 0.350. The van der Waals surface area contributed by atoms with E-state index >= 15 is 0 Å². The number of nitrogens with one attached hydrogen (secondary N) is 1. The van der Waals surface area contributed by atoms with Crippen LogP contribution in [-0.2, 0) is 0 Å². The molecule has 0 unspecified atom stereocenters. The molecule has 2 heterocycles. The van der Waals surface area contributed by atoms with Crippen LogP contribution >= 0.6 is 0 Å². The summed E-state index contributed by atoms with van der Waals surface area (Å²) in [6.45, 7) is 2.09. The normalized spacial score (nSPS) is 14.6. The molecule has 1 aromatic carbocycles. The van der Waals surface area contributed by atoms with Gasteiger partial charge in [-0.2, -0.15) is 15.0 Å². The number of benzene rings is 1. The van der Waals surface area contributed by atoms with Crippen LogP contribution in [0.5, 0.6) is 0 Å². The van der Waals surface area contributed by atoms with Crippen molar-refractivity contribution in [2.75, 3.05) is 17.7 Å². The van der Waals surface area contributed by atoms with Gasteiger partial charge in [-0.25, -0.2) is 4.98 Å². The molecule has 28 heavy (non-hydrogen) atoms. The number of anilines is 3. The highest BCUT2D eigenvalue weighted by Crippen LogP contribution is 2.36. The van der Waals surface area contributed by atoms with Gasteiger partial charge in [0.05, 0.1) is 5.69 Å². The van der Waals surface area contributed by atoms with Crippen molar-refractivity contribution in [3.8, 4) is 5.95 Å². The monoisotopic (exact) mass is 376 g/mol. The van der Waals surface area contributed by atoms with E-state index < -0.39 is 0 Å². The van der Waals surface area contributed by atoms with E-state index in [1.165, 1.54) is 0 Å². The first-order valence-electron chi connectivity index (χ1n) is 9.49. The molecule has 1 aliphatic rings. The lowest BCUT2D eigenvalue weighted by atomic mass is 9.94. The molecule has 144 valence electrons. The van der Waals surface area contributed by atoms with Crippen LogP contribution < -0.4 is 10.6 Å². The number of hydrogen-bond acceptors (Lipinski definition) is 7. The predicted octanol–water partition coefficient (Wildman–Crippen LogP) is 3.33. The fourth-order valence-electron chi connectivity index (χ4n) is 3.30. The van der Waals surface area contributed by atoms with Crippen molar-refractivity contribution in [2.24, 2.45) is 5.92 Å². The summed E-state index contributed by atoms with van der Waals surface area (Å²) in [5.74, 6) is 1.49. The third kappa shape index (κ3) is 3.58. The molecule has 1 saturated carbocycles. The molecule has 3 aromatic rings. The van der Waals surface area contributed by atoms with E-state index in [-0.39, 0.29) is 11.9 Å². The van der Waals surface area contributed by atoms with Crippen LogP contribution in [0.4, 0.5) is 17.6 Å². The van der Waals surface area contributed by atoms with Crippen LogP contribution in [-0.4, -0.2) is 37.3 Å². The molecule has 1 atom stereocenters. The van der Waals surface area contributed by atoms with Gasteiger partial charge >= 0.3 is 0 Å². The van der Waals surface area contributed by atoms with E-state index in [0.717, 1.165) is 36.4 Å². The van der Waals surface area contributed by atoms with Gasteiger partial charge in [0, 0.05) is 30.6 Å². The Balaban J connectivity index is 1.64. The second kappa shape index (κ2) is 7.38. The van der Waals surface area contributed by atoms with Crippen LogP contribution in [0, 0.1) is 11.3 Å². The zero-order chi connectivity index (χ0) is 19.7. The van der Waals surface area contributed by atoms with E-state index in [1.807, 2.05) is 48.5 Å². The maximum absolute atomic E-state index is 8.42. The summed E-state index contributed by atoms with van der Waals surface area (Å²) in [4.78, 5) is 19.5. The maximum Gasteiger partial charge on any atom is 0.241 e. The molecule has 1 fully saturated rings. The lowest BCUT2D eigenvalue weighted by Gasteiger charge is -2.17. The van der Waals surface area contributed by atoms with Crippen LogP contribution in [0.3, 0.4) is 0 Å². The van der Waals surface area contributed by atoms with E-state index in [0.29, 0.717) is 17.8 Å². The summed E-state index contributed by atoms with van der Waals surface area (Å²) in [5.41, 5.74) is 8.55. The zero-order valence-corrected chi connectivity index (χ0v) is 16.1.